The van der Waals surface area contributed by atoms with Crippen molar-refractivity contribution in [3.05, 3.63) is 59.7 Å². The van der Waals surface area contributed by atoms with Gasteiger partial charge in [0, 0.05) is 0 Å². The number of benzene rings is 2. The van der Waals surface area contributed by atoms with Gasteiger partial charge in [0.1, 0.15) is 17.6 Å². The zero-order valence-electron chi connectivity index (χ0n) is 9.45. The third-order valence-electron chi connectivity index (χ3n) is 2.61. The molecule has 0 fully saturated rings. The van der Waals surface area contributed by atoms with Crippen LogP contribution in [0.4, 0.5) is 0 Å². The molecule has 2 aromatic carbocycles. The van der Waals surface area contributed by atoms with Gasteiger partial charge in [-0.15, -0.1) is 0 Å². The zero-order chi connectivity index (χ0) is 13.1. The van der Waals surface area contributed by atoms with Gasteiger partial charge in [-0.1, -0.05) is 30.3 Å². The summed E-state index contributed by atoms with van der Waals surface area (Å²) in [6.45, 7) is 0. The number of carbonyl (C=O) groups is 1. The molecule has 0 saturated heterocycles. The Morgan fingerprint density at radius 2 is 1.67 bits per heavy atom. The average molecular weight is 244 g/mol. The Labute approximate surface area is 104 Å². The molecule has 1 unspecified atom stereocenters. The maximum Gasteiger partial charge on any atom is 0.199 e. The third-order valence-corrected chi connectivity index (χ3v) is 2.61. The van der Waals surface area contributed by atoms with Gasteiger partial charge in [-0.25, -0.2) is 0 Å². The van der Waals surface area contributed by atoms with Crippen molar-refractivity contribution in [3.63, 3.8) is 0 Å². The summed E-state index contributed by atoms with van der Waals surface area (Å²) in [5.41, 5.74) is 0.330. The minimum Gasteiger partial charge on any atom is -0.508 e. The molecule has 0 saturated carbocycles. The molecule has 2 rings (SSSR count). The molecule has 0 aliphatic heterocycles. The van der Waals surface area contributed by atoms with Crippen LogP contribution in [0.15, 0.2) is 48.5 Å². The van der Waals surface area contributed by atoms with Gasteiger partial charge in [-0.05, 0) is 23.8 Å². The number of aliphatic hydroxyl groups is 1. The van der Waals surface area contributed by atoms with Crippen molar-refractivity contribution in [2.45, 2.75) is 6.10 Å². The van der Waals surface area contributed by atoms with Gasteiger partial charge in [0.15, 0.2) is 5.78 Å². The van der Waals surface area contributed by atoms with Gasteiger partial charge < -0.3 is 15.3 Å². The largest absolute Gasteiger partial charge is 0.508 e. The molecule has 18 heavy (non-hydrogen) atoms. The molecule has 0 aliphatic rings. The van der Waals surface area contributed by atoms with Crippen molar-refractivity contribution < 1.29 is 20.1 Å². The number of phenols is 2. The first-order valence-corrected chi connectivity index (χ1v) is 5.39. The van der Waals surface area contributed by atoms with Crippen LogP contribution in [0.3, 0.4) is 0 Å². The number of Topliss-reactive ketones (excluding diaryl/α,β-unsaturated/α-hetero) is 1. The first-order chi connectivity index (χ1) is 8.59. The Balaban J connectivity index is 2.34. The topological polar surface area (TPSA) is 77.8 Å². The summed E-state index contributed by atoms with van der Waals surface area (Å²) in [5, 5.41) is 28.8. The minimum atomic E-state index is -1.36. The van der Waals surface area contributed by atoms with Crippen molar-refractivity contribution in [1.29, 1.82) is 0 Å². The van der Waals surface area contributed by atoms with Crippen LogP contribution in [0, 0.1) is 0 Å². The van der Waals surface area contributed by atoms with E-state index >= 15 is 0 Å². The smallest absolute Gasteiger partial charge is 0.199 e. The molecule has 0 aliphatic carbocycles. The van der Waals surface area contributed by atoms with Crippen molar-refractivity contribution in [1.82, 2.24) is 0 Å². The Morgan fingerprint density at radius 1 is 1.00 bits per heavy atom. The molecule has 0 aromatic heterocycles. The van der Waals surface area contributed by atoms with Crippen LogP contribution in [-0.4, -0.2) is 21.1 Å². The number of hydrogen-bond donors (Lipinski definition) is 3. The SMILES string of the molecule is O=C(c1cc(O)ccc1O)C(O)c1ccccc1. The van der Waals surface area contributed by atoms with Crippen LogP contribution in [0.25, 0.3) is 0 Å². The van der Waals surface area contributed by atoms with Crippen molar-refractivity contribution in [2.75, 3.05) is 0 Å². The molecular weight excluding hydrogens is 232 g/mol. The quantitative estimate of drug-likeness (QED) is 0.570. The zero-order valence-corrected chi connectivity index (χ0v) is 9.45. The van der Waals surface area contributed by atoms with E-state index in [0.29, 0.717) is 5.56 Å². The number of ketones is 1. The van der Waals surface area contributed by atoms with Crippen LogP contribution < -0.4 is 0 Å². The fraction of sp³-hybridized carbons (Fsp3) is 0.0714. The van der Waals surface area contributed by atoms with Crippen molar-refractivity contribution in [3.8, 4) is 11.5 Å². The molecule has 0 radical (unpaired) electrons. The van der Waals surface area contributed by atoms with E-state index < -0.39 is 11.9 Å². The van der Waals surface area contributed by atoms with E-state index in [1.54, 1.807) is 30.3 Å². The molecule has 1 atom stereocenters. The number of aromatic hydroxyl groups is 2. The fourth-order valence-electron chi connectivity index (χ4n) is 1.66. The predicted molar refractivity (Wildman–Crippen MR) is 65.5 cm³/mol. The van der Waals surface area contributed by atoms with E-state index in [-0.39, 0.29) is 17.1 Å². The molecule has 0 bridgehead atoms. The highest BCUT2D eigenvalue weighted by Crippen LogP contribution is 2.27. The highest BCUT2D eigenvalue weighted by molar-refractivity contribution is 6.02. The normalized spacial score (nSPS) is 12.1. The molecule has 4 nitrogen and oxygen atoms in total. The summed E-state index contributed by atoms with van der Waals surface area (Å²) in [5.74, 6) is -1.07. The van der Waals surface area contributed by atoms with E-state index in [9.17, 15) is 20.1 Å². The van der Waals surface area contributed by atoms with Gasteiger partial charge in [-0.3, -0.25) is 4.79 Å². The van der Waals surface area contributed by atoms with E-state index in [1.807, 2.05) is 0 Å². The average Bonchev–Trinajstić information content (AvgIpc) is 2.41. The second-order valence-electron chi connectivity index (χ2n) is 3.88. The van der Waals surface area contributed by atoms with Crippen LogP contribution in [0.5, 0.6) is 11.5 Å². The standard InChI is InChI=1S/C14H12O4/c15-10-6-7-12(16)11(8-10)14(18)13(17)9-4-2-1-3-5-9/h1-8,13,15-17H. The maximum atomic E-state index is 12.0. The Bertz CT molecular complexity index is 563. The van der Waals surface area contributed by atoms with Crippen LogP contribution >= 0.6 is 0 Å². The second-order valence-corrected chi connectivity index (χ2v) is 3.88. The summed E-state index contributed by atoms with van der Waals surface area (Å²) < 4.78 is 0. The minimum absolute atomic E-state index is 0.105. The lowest BCUT2D eigenvalue weighted by molar-refractivity contribution is 0.0744. The summed E-state index contributed by atoms with van der Waals surface area (Å²) >= 11 is 0. The highest BCUT2D eigenvalue weighted by atomic mass is 16.3. The monoisotopic (exact) mass is 244 g/mol. The van der Waals surface area contributed by atoms with Crippen LogP contribution in [-0.2, 0) is 0 Å². The lowest BCUT2D eigenvalue weighted by atomic mass is 9.99. The van der Waals surface area contributed by atoms with E-state index in [4.69, 9.17) is 0 Å². The highest BCUT2D eigenvalue weighted by Gasteiger charge is 2.22. The first kappa shape index (κ1) is 12.1. The maximum absolute atomic E-state index is 12.0. The van der Waals surface area contributed by atoms with Gasteiger partial charge in [0.25, 0.3) is 0 Å². The molecule has 92 valence electrons. The fourth-order valence-corrected chi connectivity index (χ4v) is 1.66. The number of rotatable bonds is 3. The molecule has 0 heterocycles. The molecule has 0 amide bonds. The molecule has 3 N–H and O–H groups in total. The molecular formula is C14H12O4. The summed E-state index contributed by atoms with van der Waals surface area (Å²) in [4.78, 5) is 12.0. The first-order valence-electron chi connectivity index (χ1n) is 5.39. The predicted octanol–water partition coefficient (Wildman–Crippen LogP) is 2.01. The summed E-state index contributed by atoms with van der Waals surface area (Å²) in [6.07, 6.45) is -1.36. The molecule has 4 heteroatoms. The van der Waals surface area contributed by atoms with Crippen molar-refractivity contribution in [2.24, 2.45) is 0 Å². The van der Waals surface area contributed by atoms with E-state index in [0.717, 1.165) is 6.07 Å². The van der Waals surface area contributed by atoms with Gasteiger partial charge in [-0.2, -0.15) is 0 Å². The van der Waals surface area contributed by atoms with Crippen LogP contribution in [0.1, 0.15) is 22.0 Å². The Morgan fingerprint density at radius 3 is 2.33 bits per heavy atom. The number of aliphatic hydroxyl groups excluding tert-OH is 1. The summed E-state index contributed by atoms with van der Waals surface area (Å²) in [7, 11) is 0. The molecule has 0 spiro atoms. The van der Waals surface area contributed by atoms with Gasteiger partial charge >= 0.3 is 0 Å². The van der Waals surface area contributed by atoms with Gasteiger partial charge in [0.2, 0.25) is 0 Å². The second kappa shape index (κ2) is 4.89. The van der Waals surface area contributed by atoms with Crippen molar-refractivity contribution >= 4 is 5.78 Å². The number of hydrogen-bond acceptors (Lipinski definition) is 4. The lowest BCUT2D eigenvalue weighted by Crippen LogP contribution is -2.12. The Hall–Kier alpha value is -2.33. The lowest BCUT2D eigenvalue weighted by Gasteiger charge is -2.11. The van der Waals surface area contributed by atoms with E-state index in [2.05, 4.69) is 0 Å². The number of phenolic OH excluding ortho intramolecular Hbond substituents is 2. The number of carbonyl (C=O) groups excluding carboxylic acids is 1. The third kappa shape index (κ3) is 2.33. The van der Waals surface area contributed by atoms with E-state index in [1.165, 1.54) is 12.1 Å². The Kier molecular flexibility index (Phi) is 3.30. The summed E-state index contributed by atoms with van der Waals surface area (Å²) in [6, 6.07) is 12.0. The van der Waals surface area contributed by atoms with Gasteiger partial charge in [0.05, 0.1) is 5.56 Å². The van der Waals surface area contributed by atoms with Crippen LogP contribution in [0.2, 0.25) is 0 Å². The molecule has 2 aromatic rings.